The Hall–Kier alpha value is -3.62. The van der Waals surface area contributed by atoms with Crippen LogP contribution in [0, 0.1) is 15.0 Å². The third-order valence-corrected chi connectivity index (χ3v) is 4.15. The first-order valence-electron chi connectivity index (χ1n) is 8.15. The highest BCUT2D eigenvalue weighted by Gasteiger charge is 2.20. The minimum absolute atomic E-state index is 0.177. The molecule has 9 nitrogen and oxygen atoms in total. The molecule has 0 spiro atoms. The minimum Gasteiger partial charge on any atom is -0.493 e. The van der Waals surface area contributed by atoms with Crippen LogP contribution in [0.2, 0.25) is 0 Å². The van der Waals surface area contributed by atoms with E-state index in [-0.39, 0.29) is 22.6 Å². The lowest BCUT2D eigenvalue weighted by Crippen LogP contribution is -2.05. The van der Waals surface area contributed by atoms with Gasteiger partial charge in [0.2, 0.25) is 5.88 Å². The first-order chi connectivity index (χ1) is 13.1. The maximum Gasteiger partial charge on any atom is 0.270 e. The highest BCUT2D eigenvalue weighted by molar-refractivity contribution is 5.96. The van der Waals surface area contributed by atoms with Crippen LogP contribution in [0.1, 0.15) is 6.42 Å². The van der Waals surface area contributed by atoms with Crippen molar-refractivity contribution in [1.29, 1.82) is 0 Å². The standard InChI is InChI=1S/C18H17N3O6/c1-26-15-5-2-3-6-16(15)27-10-4-9-20-14-8-7-12(21(24)25)11-13(14)17(19-23)18(20)22/h2-3,5-8,11,22H,4,9-10H2,1H3. The quantitative estimate of drug-likeness (QED) is 0.275. The van der Waals surface area contributed by atoms with Crippen molar-refractivity contribution in [2.24, 2.45) is 5.18 Å². The number of non-ortho nitro benzene ring substituents is 1. The smallest absolute Gasteiger partial charge is 0.270 e. The van der Waals surface area contributed by atoms with Crippen LogP contribution < -0.4 is 9.47 Å². The molecule has 0 amide bonds. The summed E-state index contributed by atoms with van der Waals surface area (Å²) in [5.74, 6) is 0.900. The first kappa shape index (κ1) is 18.2. The number of aryl methyl sites for hydroxylation is 1. The van der Waals surface area contributed by atoms with Crippen molar-refractivity contribution in [3.8, 4) is 17.4 Å². The van der Waals surface area contributed by atoms with E-state index in [0.29, 0.717) is 36.6 Å². The second-order valence-electron chi connectivity index (χ2n) is 5.73. The van der Waals surface area contributed by atoms with E-state index in [1.807, 2.05) is 12.1 Å². The monoisotopic (exact) mass is 371 g/mol. The molecule has 3 rings (SSSR count). The summed E-state index contributed by atoms with van der Waals surface area (Å²) in [7, 11) is 1.55. The zero-order valence-corrected chi connectivity index (χ0v) is 14.5. The fourth-order valence-corrected chi connectivity index (χ4v) is 2.88. The number of aromatic nitrogens is 1. The Balaban J connectivity index is 1.78. The number of hydrogen-bond donors (Lipinski definition) is 1. The molecule has 1 aromatic heterocycles. The molecule has 1 heterocycles. The fraction of sp³-hybridized carbons (Fsp3) is 0.222. The van der Waals surface area contributed by atoms with Crippen LogP contribution in [-0.4, -0.2) is 28.3 Å². The van der Waals surface area contributed by atoms with E-state index in [9.17, 15) is 20.1 Å². The molecule has 0 aliphatic rings. The molecule has 0 saturated carbocycles. The summed E-state index contributed by atoms with van der Waals surface area (Å²) >= 11 is 0. The lowest BCUT2D eigenvalue weighted by atomic mass is 10.2. The van der Waals surface area contributed by atoms with Crippen LogP contribution in [0.25, 0.3) is 10.9 Å². The summed E-state index contributed by atoms with van der Waals surface area (Å²) < 4.78 is 12.4. The van der Waals surface area contributed by atoms with Gasteiger partial charge in [0, 0.05) is 24.1 Å². The third kappa shape index (κ3) is 3.52. The normalized spacial score (nSPS) is 10.7. The number of aromatic hydroxyl groups is 1. The van der Waals surface area contributed by atoms with Gasteiger partial charge in [0.1, 0.15) is 0 Å². The van der Waals surface area contributed by atoms with Crippen LogP contribution in [0.4, 0.5) is 11.4 Å². The molecule has 0 aliphatic heterocycles. The summed E-state index contributed by atoms with van der Waals surface area (Å²) in [5.41, 5.74) is 0.105. The first-order valence-corrected chi connectivity index (χ1v) is 8.15. The molecule has 2 aromatic carbocycles. The van der Waals surface area contributed by atoms with Gasteiger partial charge in [-0.05, 0) is 29.8 Å². The van der Waals surface area contributed by atoms with Gasteiger partial charge in [-0.15, -0.1) is 4.91 Å². The Kier molecular flexibility index (Phi) is 5.20. The number of ether oxygens (including phenoxy) is 2. The molecule has 0 atom stereocenters. The fourth-order valence-electron chi connectivity index (χ4n) is 2.88. The van der Waals surface area contributed by atoms with Crippen molar-refractivity contribution >= 4 is 22.3 Å². The van der Waals surface area contributed by atoms with Gasteiger partial charge in [-0.25, -0.2) is 0 Å². The highest BCUT2D eigenvalue weighted by atomic mass is 16.6. The zero-order valence-electron chi connectivity index (χ0n) is 14.5. The van der Waals surface area contributed by atoms with Gasteiger partial charge in [0.25, 0.3) is 5.69 Å². The van der Waals surface area contributed by atoms with Crippen molar-refractivity contribution in [2.75, 3.05) is 13.7 Å². The van der Waals surface area contributed by atoms with E-state index < -0.39 is 4.92 Å². The predicted molar refractivity (Wildman–Crippen MR) is 98.8 cm³/mol. The Labute approximate surface area is 153 Å². The van der Waals surface area contributed by atoms with E-state index in [0.717, 1.165) is 0 Å². The number of methoxy groups -OCH3 is 1. The van der Waals surface area contributed by atoms with Crippen molar-refractivity contribution in [1.82, 2.24) is 4.57 Å². The SMILES string of the molecule is COc1ccccc1OCCCn1c(O)c(N=O)c2cc([N+](=O)[O-])ccc21. The van der Waals surface area contributed by atoms with Gasteiger partial charge in [-0.2, -0.15) is 0 Å². The topological polar surface area (TPSA) is 116 Å². The van der Waals surface area contributed by atoms with E-state index in [1.165, 1.54) is 22.8 Å². The Bertz CT molecular complexity index is 998. The summed E-state index contributed by atoms with van der Waals surface area (Å²) in [4.78, 5) is 21.5. The van der Waals surface area contributed by atoms with Gasteiger partial charge in [0.15, 0.2) is 17.2 Å². The molecule has 140 valence electrons. The summed E-state index contributed by atoms with van der Waals surface area (Å²) in [6, 6.07) is 11.3. The molecule has 0 unspecified atom stereocenters. The zero-order chi connectivity index (χ0) is 19.4. The van der Waals surface area contributed by atoms with Gasteiger partial charge < -0.3 is 19.1 Å². The number of nitroso groups, excluding NO2 is 1. The molecule has 0 aliphatic carbocycles. The van der Waals surface area contributed by atoms with Gasteiger partial charge in [-0.1, -0.05) is 12.1 Å². The van der Waals surface area contributed by atoms with Gasteiger partial charge in [-0.3, -0.25) is 10.1 Å². The van der Waals surface area contributed by atoms with Crippen LogP contribution in [0.5, 0.6) is 17.4 Å². The number of fused-ring (bicyclic) bond motifs is 1. The summed E-state index contributed by atoms with van der Waals surface area (Å²) in [6.45, 7) is 0.682. The molecule has 0 radical (unpaired) electrons. The van der Waals surface area contributed by atoms with E-state index in [1.54, 1.807) is 19.2 Å². The lowest BCUT2D eigenvalue weighted by Gasteiger charge is -2.11. The lowest BCUT2D eigenvalue weighted by molar-refractivity contribution is -0.384. The Morgan fingerprint density at radius 3 is 2.63 bits per heavy atom. The second kappa shape index (κ2) is 7.73. The minimum atomic E-state index is -0.566. The summed E-state index contributed by atoms with van der Waals surface area (Å²) in [5, 5.41) is 24.3. The van der Waals surface area contributed by atoms with E-state index >= 15 is 0 Å². The highest BCUT2D eigenvalue weighted by Crippen LogP contribution is 2.40. The van der Waals surface area contributed by atoms with Crippen LogP contribution in [0.3, 0.4) is 0 Å². The number of nitro groups is 1. The van der Waals surface area contributed by atoms with Crippen LogP contribution >= 0.6 is 0 Å². The Morgan fingerprint density at radius 2 is 1.96 bits per heavy atom. The molecule has 0 bridgehead atoms. The number of rotatable bonds is 8. The largest absolute Gasteiger partial charge is 0.493 e. The number of nitro benzene ring substituents is 1. The summed E-state index contributed by atoms with van der Waals surface area (Å²) in [6.07, 6.45) is 0.519. The average Bonchev–Trinajstić information content (AvgIpc) is 2.95. The Morgan fingerprint density at radius 1 is 1.22 bits per heavy atom. The maximum absolute atomic E-state index is 11.1. The average molecular weight is 371 g/mol. The number of para-hydroxylation sites is 2. The number of benzene rings is 2. The number of hydrogen-bond acceptors (Lipinski definition) is 7. The van der Waals surface area contributed by atoms with Gasteiger partial charge in [0.05, 0.1) is 24.2 Å². The molecular formula is C18H17N3O6. The van der Waals surface area contributed by atoms with E-state index in [4.69, 9.17) is 9.47 Å². The molecule has 0 fully saturated rings. The van der Waals surface area contributed by atoms with Crippen molar-refractivity contribution < 1.29 is 19.5 Å². The molecule has 27 heavy (non-hydrogen) atoms. The molecular weight excluding hydrogens is 354 g/mol. The molecule has 0 saturated heterocycles. The molecule has 9 heteroatoms. The van der Waals surface area contributed by atoms with Gasteiger partial charge >= 0.3 is 0 Å². The van der Waals surface area contributed by atoms with Crippen molar-refractivity contribution in [3.05, 3.63) is 57.5 Å². The second-order valence-corrected chi connectivity index (χ2v) is 5.73. The van der Waals surface area contributed by atoms with Crippen molar-refractivity contribution in [2.45, 2.75) is 13.0 Å². The molecule has 3 aromatic rings. The third-order valence-electron chi connectivity index (χ3n) is 4.15. The number of nitrogens with zero attached hydrogens (tertiary/aromatic N) is 3. The maximum atomic E-state index is 11.1. The van der Waals surface area contributed by atoms with E-state index in [2.05, 4.69) is 5.18 Å². The van der Waals surface area contributed by atoms with Crippen LogP contribution in [-0.2, 0) is 6.54 Å². The van der Waals surface area contributed by atoms with Crippen molar-refractivity contribution in [3.63, 3.8) is 0 Å². The van der Waals surface area contributed by atoms with Crippen LogP contribution in [0.15, 0.2) is 47.6 Å². The molecule has 1 N–H and O–H groups in total. The predicted octanol–water partition coefficient (Wildman–Crippen LogP) is 4.13.